The monoisotopic (exact) mass is 391 g/mol. The number of anilines is 3. The summed E-state index contributed by atoms with van der Waals surface area (Å²) in [6.45, 7) is 1.40. The minimum Gasteiger partial charge on any atom is -0.366 e. The molecule has 2 aromatic heterocycles. The number of hydrogen-bond acceptors (Lipinski definition) is 8. The molecule has 2 atom stereocenters. The molecular formula is C19H21N9O. The summed E-state index contributed by atoms with van der Waals surface area (Å²) in [4.78, 5) is 22.4. The second-order valence-electron chi connectivity index (χ2n) is 7.56. The number of amides is 1. The minimum absolute atomic E-state index is 0.0553. The van der Waals surface area contributed by atoms with Gasteiger partial charge in [-0.25, -0.2) is 4.98 Å². The summed E-state index contributed by atoms with van der Waals surface area (Å²) in [5.74, 6) is 1.65. The summed E-state index contributed by atoms with van der Waals surface area (Å²) >= 11 is 0. The topological polar surface area (TPSA) is 136 Å². The Balaban J connectivity index is 1.41. The van der Waals surface area contributed by atoms with Crippen LogP contribution in [-0.2, 0) is 11.8 Å². The quantitative estimate of drug-likeness (QED) is 0.780. The lowest BCUT2D eigenvalue weighted by molar-refractivity contribution is -0.129. The van der Waals surface area contributed by atoms with E-state index in [4.69, 9.17) is 5.26 Å². The SMILES string of the molecule is Cn1cc(Nc2ncc(C#N)c(NC3CC4CN(C(=O)CC#N)CC4C3)n2)cn1. The van der Waals surface area contributed by atoms with Crippen LogP contribution in [0.15, 0.2) is 18.6 Å². The highest BCUT2D eigenvalue weighted by Gasteiger charge is 2.42. The number of nitrogens with zero attached hydrogens (tertiary/aromatic N) is 7. The van der Waals surface area contributed by atoms with Gasteiger partial charge in [-0.1, -0.05) is 0 Å². The van der Waals surface area contributed by atoms with Gasteiger partial charge in [0, 0.05) is 32.4 Å². The van der Waals surface area contributed by atoms with Crippen LogP contribution in [-0.4, -0.2) is 49.7 Å². The first-order chi connectivity index (χ1) is 14.1. The summed E-state index contributed by atoms with van der Waals surface area (Å²) in [6.07, 6.45) is 6.74. The van der Waals surface area contributed by atoms with Gasteiger partial charge in [-0.2, -0.15) is 20.6 Å². The molecule has 0 bridgehead atoms. The Bertz CT molecular complexity index is 988. The molecule has 1 aliphatic heterocycles. The van der Waals surface area contributed by atoms with Crippen LogP contribution in [0, 0.1) is 34.5 Å². The number of carbonyl (C=O) groups excluding carboxylic acids is 1. The van der Waals surface area contributed by atoms with E-state index < -0.39 is 0 Å². The van der Waals surface area contributed by atoms with Crippen molar-refractivity contribution in [3.63, 3.8) is 0 Å². The highest BCUT2D eigenvalue weighted by Crippen LogP contribution is 2.39. The van der Waals surface area contributed by atoms with E-state index in [1.165, 1.54) is 6.20 Å². The average Bonchev–Trinajstić information content (AvgIpc) is 3.37. The molecule has 2 fully saturated rings. The lowest BCUT2D eigenvalue weighted by Crippen LogP contribution is -2.30. The fraction of sp³-hybridized carbons (Fsp3) is 0.474. The summed E-state index contributed by atoms with van der Waals surface area (Å²) < 4.78 is 1.67. The molecule has 1 aliphatic carbocycles. The number of nitrogens with one attached hydrogen (secondary N) is 2. The van der Waals surface area contributed by atoms with E-state index in [0.29, 0.717) is 42.3 Å². The molecule has 2 N–H and O–H groups in total. The van der Waals surface area contributed by atoms with Crippen LogP contribution in [0.1, 0.15) is 24.8 Å². The Labute approximate surface area is 168 Å². The second kappa shape index (κ2) is 7.76. The summed E-state index contributed by atoms with van der Waals surface area (Å²) in [7, 11) is 1.82. The van der Waals surface area contributed by atoms with Crippen LogP contribution in [0.25, 0.3) is 0 Å². The third-order valence-electron chi connectivity index (χ3n) is 5.55. The van der Waals surface area contributed by atoms with Gasteiger partial charge in [0.05, 0.1) is 24.2 Å². The van der Waals surface area contributed by atoms with Gasteiger partial charge in [-0.3, -0.25) is 9.48 Å². The molecule has 10 nitrogen and oxygen atoms in total. The van der Waals surface area contributed by atoms with Crippen molar-refractivity contribution in [2.24, 2.45) is 18.9 Å². The fourth-order valence-corrected chi connectivity index (χ4v) is 4.24. The summed E-state index contributed by atoms with van der Waals surface area (Å²) in [5.41, 5.74) is 1.16. The minimum atomic E-state index is -0.0832. The number of carbonyl (C=O) groups is 1. The first kappa shape index (κ1) is 18.7. The summed E-state index contributed by atoms with van der Waals surface area (Å²) in [5, 5.41) is 28.7. The molecule has 148 valence electrons. The Morgan fingerprint density at radius 3 is 2.66 bits per heavy atom. The third kappa shape index (κ3) is 3.97. The molecule has 29 heavy (non-hydrogen) atoms. The molecule has 0 spiro atoms. The average molecular weight is 391 g/mol. The van der Waals surface area contributed by atoms with E-state index in [0.717, 1.165) is 18.5 Å². The van der Waals surface area contributed by atoms with Crippen molar-refractivity contribution < 1.29 is 4.79 Å². The van der Waals surface area contributed by atoms with Crippen molar-refractivity contribution in [1.82, 2.24) is 24.6 Å². The highest BCUT2D eigenvalue weighted by molar-refractivity contribution is 5.78. The van der Waals surface area contributed by atoms with Gasteiger partial charge < -0.3 is 15.5 Å². The molecule has 1 amide bonds. The summed E-state index contributed by atoms with van der Waals surface area (Å²) in [6, 6.07) is 4.25. The number of hydrogen-bond donors (Lipinski definition) is 2. The zero-order valence-electron chi connectivity index (χ0n) is 16.0. The number of likely N-dealkylation sites (tertiary alicyclic amines) is 1. The fourth-order valence-electron chi connectivity index (χ4n) is 4.24. The smallest absolute Gasteiger partial charge is 0.236 e. The van der Waals surface area contributed by atoms with E-state index in [1.54, 1.807) is 15.8 Å². The molecule has 10 heteroatoms. The van der Waals surface area contributed by atoms with Gasteiger partial charge in [-0.05, 0) is 24.7 Å². The Kier molecular flexibility index (Phi) is 5.00. The molecule has 4 rings (SSSR count). The normalized spacial score (nSPS) is 22.6. The first-order valence-electron chi connectivity index (χ1n) is 9.49. The molecule has 2 aromatic rings. The van der Waals surface area contributed by atoms with Gasteiger partial charge >= 0.3 is 0 Å². The van der Waals surface area contributed by atoms with Crippen LogP contribution >= 0.6 is 0 Å². The predicted octanol–water partition coefficient (Wildman–Crippen LogP) is 1.39. The third-order valence-corrected chi connectivity index (χ3v) is 5.55. The molecule has 3 heterocycles. The van der Waals surface area contributed by atoms with Gasteiger partial charge in [-0.15, -0.1) is 0 Å². The largest absolute Gasteiger partial charge is 0.366 e. The predicted molar refractivity (Wildman–Crippen MR) is 104 cm³/mol. The van der Waals surface area contributed by atoms with Gasteiger partial charge in [0.2, 0.25) is 11.9 Å². The van der Waals surface area contributed by atoms with Crippen LogP contribution in [0.5, 0.6) is 0 Å². The maximum atomic E-state index is 11.9. The van der Waals surface area contributed by atoms with Crippen LogP contribution in [0.3, 0.4) is 0 Å². The van der Waals surface area contributed by atoms with Crippen molar-refractivity contribution in [1.29, 1.82) is 10.5 Å². The molecule has 1 saturated carbocycles. The highest BCUT2D eigenvalue weighted by atomic mass is 16.2. The Hall–Kier alpha value is -3.66. The first-order valence-corrected chi connectivity index (χ1v) is 9.49. The number of nitriles is 2. The van der Waals surface area contributed by atoms with Crippen LogP contribution in [0.2, 0.25) is 0 Å². The number of fused-ring (bicyclic) bond motifs is 1. The number of aromatic nitrogens is 4. The molecule has 0 radical (unpaired) electrons. The second-order valence-corrected chi connectivity index (χ2v) is 7.56. The van der Waals surface area contributed by atoms with Crippen molar-refractivity contribution in [3.05, 3.63) is 24.2 Å². The number of aryl methyl sites for hydroxylation is 1. The Morgan fingerprint density at radius 2 is 2.03 bits per heavy atom. The molecule has 2 unspecified atom stereocenters. The van der Waals surface area contributed by atoms with E-state index in [9.17, 15) is 10.1 Å². The van der Waals surface area contributed by atoms with E-state index in [2.05, 4.69) is 31.8 Å². The zero-order valence-corrected chi connectivity index (χ0v) is 16.0. The standard InChI is InChI=1S/C19H21N9O/c1-27-11-16(8-23-27)25-19-22-7-14(6-21)18(26-19)24-15-4-12-9-28(10-13(12)5-15)17(29)2-3-20/h7-8,11-13,15H,2,4-5,9-10H2,1H3,(H2,22,24,25,26). The van der Waals surface area contributed by atoms with Crippen LogP contribution in [0.4, 0.5) is 17.5 Å². The van der Waals surface area contributed by atoms with E-state index >= 15 is 0 Å². The van der Waals surface area contributed by atoms with Crippen molar-refractivity contribution >= 4 is 23.4 Å². The van der Waals surface area contributed by atoms with Gasteiger partial charge in [0.25, 0.3) is 0 Å². The zero-order chi connectivity index (χ0) is 20.4. The number of rotatable bonds is 5. The lowest BCUT2D eigenvalue weighted by atomic mass is 10.0. The molecule has 1 saturated heterocycles. The van der Waals surface area contributed by atoms with Crippen molar-refractivity contribution in [2.75, 3.05) is 23.7 Å². The van der Waals surface area contributed by atoms with E-state index in [-0.39, 0.29) is 18.4 Å². The lowest BCUT2D eigenvalue weighted by Gasteiger charge is -2.20. The Morgan fingerprint density at radius 1 is 1.28 bits per heavy atom. The maximum absolute atomic E-state index is 11.9. The van der Waals surface area contributed by atoms with Crippen molar-refractivity contribution in [3.8, 4) is 12.1 Å². The van der Waals surface area contributed by atoms with Crippen molar-refractivity contribution in [2.45, 2.75) is 25.3 Å². The van der Waals surface area contributed by atoms with Gasteiger partial charge in [0.15, 0.2) is 0 Å². The molecule has 0 aromatic carbocycles. The molecular weight excluding hydrogens is 370 g/mol. The maximum Gasteiger partial charge on any atom is 0.236 e. The molecule has 2 aliphatic rings. The van der Waals surface area contributed by atoms with E-state index in [1.807, 2.05) is 19.3 Å². The van der Waals surface area contributed by atoms with Gasteiger partial charge in [0.1, 0.15) is 23.9 Å². The van der Waals surface area contributed by atoms with Crippen LogP contribution < -0.4 is 10.6 Å².